The average Bonchev–Trinajstić information content (AvgIpc) is 2.63. The van der Waals surface area contributed by atoms with Crippen LogP contribution in [0.3, 0.4) is 0 Å². The van der Waals surface area contributed by atoms with Crippen molar-refractivity contribution in [3.05, 3.63) is 29.6 Å². The number of hydrogen-bond donors (Lipinski definition) is 1. The number of nitrogens with one attached hydrogen (secondary N) is 1. The standard InChI is InChI=1S/C17H27FN2/c1-4-19-14(3)17-15(18)10-8-11-16(17)20-12-7-5-6-9-13(20)2/h8,10-11,13-14,19H,4-7,9,12H2,1-3H3. The Kier molecular flexibility index (Phi) is 5.41. The molecule has 0 aliphatic carbocycles. The zero-order valence-corrected chi connectivity index (χ0v) is 13.0. The molecule has 2 rings (SSSR count). The summed E-state index contributed by atoms with van der Waals surface area (Å²) < 4.78 is 14.3. The highest BCUT2D eigenvalue weighted by atomic mass is 19.1. The fraction of sp³-hybridized carbons (Fsp3) is 0.647. The van der Waals surface area contributed by atoms with Crippen molar-refractivity contribution in [2.45, 2.75) is 58.5 Å². The number of nitrogens with zero attached hydrogens (tertiary/aromatic N) is 1. The van der Waals surface area contributed by atoms with Crippen LogP contribution in [-0.4, -0.2) is 19.1 Å². The zero-order valence-electron chi connectivity index (χ0n) is 13.0. The summed E-state index contributed by atoms with van der Waals surface area (Å²) in [5, 5.41) is 3.35. The maximum Gasteiger partial charge on any atom is 0.130 e. The molecule has 0 radical (unpaired) electrons. The van der Waals surface area contributed by atoms with Crippen LogP contribution in [0.2, 0.25) is 0 Å². The molecule has 0 bridgehead atoms. The van der Waals surface area contributed by atoms with Crippen molar-refractivity contribution in [1.29, 1.82) is 0 Å². The SMILES string of the molecule is CCNC(C)c1c(F)cccc1N1CCCCCC1C. The molecule has 0 aromatic heterocycles. The van der Waals surface area contributed by atoms with Gasteiger partial charge >= 0.3 is 0 Å². The van der Waals surface area contributed by atoms with Crippen LogP contribution in [0.25, 0.3) is 0 Å². The predicted molar refractivity (Wildman–Crippen MR) is 83.8 cm³/mol. The number of benzene rings is 1. The van der Waals surface area contributed by atoms with Gasteiger partial charge in [-0.05, 0) is 45.4 Å². The molecule has 1 aromatic rings. The van der Waals surface area contributed by atoms with E-state index in [4.69, 9.17) is 0 Å². The third kappa shape index (κ3) is 3.32. The topological polar surface area (TPSA) is 15.3 Å². The molecule has 2 atom stereocenters. The van der Waals surface area contributed by atoms with E-state index in [-0.39, 0.29) is 11.9 Å². The van der Waals surface area contributed by atoms with Gasteiger partial charge in [0.1, 0.15) is 5.82 Å². The summed E-state index contributed by atoms with van der Waals surface area (Å²) in [7, 11) is 0. The second-order valence-corrected chi connectivity index (χ2v) is 5.84. The molecule has 1 N–H and O–H groups in total. The molecule has 0 spiro atoms. The highest BCUT2D eigenvalue weighted by molar-refractivity contribution is 5.56. The first-order valence-electron chi connectivity index (χ1n) is 7.93. The summed E-state index contributed by atoms with van der Waals surface area (Å²) in [6.07, 6.45) is 4.97. The minimum Gasteiger partial charge on any atom is -0.368 e. The number of rotatable bonds is 4. The van der Waals surface area contributed by atoms with Gasteiger partial charge in [0.25, 0.3) is 0 Å². The summed E-state index contributed by atoms with van der Waals surface area (Å²) in [5.74, 6) is -0.0904. The van der Waals surface area contributed by atoms with Crippen LogP contribution in [-0.2, 0) is 0 Å². The lowest BCUT2D eigenvalue weighted by atomic mass is 10.0. The highest BCUT2D eigenvalue weighted by Crippen LogP contribution is 2.32. The summed E-state index contributed by atoms with van der Waals surface area (Å²) in [6, 6.07) is 6.03. The maximum atomic E-state index is 14.3. The molecular weight excluding hydrogens is 251 g/mol. The molecule has 1 aliphatic heterocycles. The van der Waals surface area contributed by atoms with Gasteiger partial charge in [-0.25, -0.2) is 4.39 Å². The Labute approximate surface area is 122 Å². The van der Waals surface area contributed by atoms with E-state index in [1.807, 2.05) is 13.0 Å². The minimum absolute atomic E-state index is 0.0478. The summed E-state index contributed by atoms with van der Waals surface area (Å²) in [4.78, 5) is 2.40. The van der Waals surface area contributed by atoms with Gasteiger partial charge in [-0.15, -0.1) is 0 Å². The van der Waals surface area contributed by atoms with Gasteiger partial charge in [-0.3, -0.25) is 0 Å². The van der Waals surface area contributed by atoms with Crippen LogP contribution in [0, 0.1) is 5.82 Å². The van der Waals surface area contributed by atoms with Crippen molar-refractivity contribution in [2.75, 3.05) is 18.0 Å². The fourth-order valence-corrected chi connectivity index (χ4v) is 3.25. The molecule has 0 saturated carbocycles. The van der Waals surface area contributed by atoms with Crippen LogP contribution >= 0.6 is 0 Å². The Morgan fingerprint density at radius 3 is 2.90 bits per heavy atom. The normalized spacial score (nSPS) is 21.6. The number of anilines is 1. The van der Waals surface area contributed by atoms with E-state index >= 15 is 0 Å². The van der Waals surface area contributed by atoms with E-state index in [1.165, 1.54) is 25.7 Å². The van der Waals surface area contributed by atoms with Crippen molar-refractivity contribution in [1.82, 2.24) is 5.32 Å². The second-order valence-electron chi connectivity index (χ2n) is 5.84. The van der Waals surface area contributed by atoms with Crippen LogP contribution in [0.4, 0.5) is 10.1 Å². The smallest absolute Gasteiger partial charge is 0.130 e. The molecule has 1 aliphatic rings. The average molecular weight is 278 g/mol. The Hall–Kier alpha value is -1.09. The predicted octanol–water partition coefficient (Wildman–Crippen LogP) is 4.27. The monoisotopic (exact) mass is 278 g/mol. The lowest BCUT2D eigenvalue weighted by Gasteiger charge is -2.33. The minimum atomic E-state index is -0.0904. The largest absolute Gasteiger partial charge is 0.368 e. The van der Waals surface area contributed by atoms with Gasteiger partial charge in [-0.2, -0.15) is 0 Å². The molecule has 1 heterocycles. The summed E-state index contributed by atoms with van der Waals surface area (Å²) in [6.45, 7) is 8.26. The van der Waals surface area contributed by atoms with E-state index in [0.717, 1.165) is 24.3 Å². The summed E-state index contributed by atoms with van der Waals surface area (Å²) >= 11 is 0. The van der Waals surface area contributed by atoms with E-state index in [1.54, 1.807) is 6.07 Å². The van der Waals surface area contributed by atoms with E-state index < -0.39 is 0 Å². The second kappa shape index (κ2) is 7.07. The molecule has 3 heteroatoms. The van der Waals surface area contributed by atoms with Crippen molar-refractivity contribution in [2.24, 2.45) is 0 Å². The van der Waals surface area contributed by atoms with Gasteiger partial charge in [0.15, 0.2) is 0 Å². The fourth-order valence-electron chi connectivity index (χ4n) is 3.25. The quantitative estimate of drug-likeness (QED) is 0.885. The molecule has 1 saturated heterocycles. The van der Waals surface area contributed by atoms with E-state index in [2.05, 4.69) is 30.1 Å². The molecule has 0 amide bonds. The van der Waals surface area contributed by atoms with E-state index in [9.17, 15) is 4.39 Å². The first kappa shape index (κ1) is 15.3. The van der Waals surface area contributed by atoms with Crippen LogP contribution in [0.5, 0.6) is 0 Å². The maximum absolute atomic E-state index is 14.3. The molecule has 1 aromatic carbocycles. The van der Waals surface area contributed by atoms with Gasteiger partial charge in [0.2, 0.25) is 0 Å². The Balaban J connectivity index is 2.36. The van der Waals surface area contributed by atoms with Gasteiger partial charge in [0.05, 0.1) is 0 Å². The Morgan fingerprint density at radius 1 is 1.35 bits per heavy atom. The van der Waals surface area contributed by atoms with Crippen molar-refractivity contribution < 1.29 is 4.39 Å². The lowest BCUT2D eigenvalue weighted by molar-refractivity contribution is 0.534. The molecule has 112 valence electrons. The van der Waals surface area contributed by atoms with Crippen LogP contribution in [0.1, 0.15) is 58.1 Å². The number of hydrogen-bond acceptors (Lipinski definition) is 2. The van der Waals surface area contributed by atoms with Gasteiger partial charge in [0, 0.05) is 29.9 Å². The Bertz CT molecular complexity index is 433. The number of halogens is 1. The molecule has 20 heavy (non-hydrogen) atoms. The highest BCUT2D eigenvalue weighted by Gasteiger charge is 2.23. The van der Waals surface area contributed by atoms with Gasteiger partial charge < -0.3 is 10.2 Å². The van der Waals surface area contributed by atoms with Crippen LogP contribution < -0.4 is 10.2 Å². The lowest BCUT2D eigenvalue weighted by Crippen LogP contribution is -2.34. The van der Waals surface area contributed by atoms with Gasteiger partial charge in [-0.1, -0.05) is 25.8 Å². The van der Waals surface area contributed by atoms with Crippen molar-refractivity contribution >= 4 is 5.69 Å². The molecule has 2 nitrogen and oxygen atoms in total. The molecule has 2 unspecified atom stereocenters. The molecular formula is C17H27FN2. The molecule has 1 fully saturated rings. The van der Waals surface area contributed by atoms with Crippen LogP contribution in [0.15, 0.2) is 18.2 Å². The Morgan fingerprint density at radius 2 is 2.15 bits per heavy atom. The first-order valence-corrected chi connectivity index (χ1v) is 7.93. The third-order valence-corrected chi connectivity index (χ3v) is 4.34. The third-order valence-electron chi connectivity index (χ3n) is 4.34. The van der Waals surface area contributed by atoms with E-state index in [0.29, 0.717) is 6.04 Å². The summed E-state index contributed by atoms with van der Waals surface area (Å²) in [5.41, 5.74) is 1.90. The zero-order chi connectivity index (χ0) is 14.5. The van der Waals surface area contributed by atoms with Crippen molar-refractivity contribution in [3.63, 3.8) is 0 Å². The van der Waals surface area contributed by atoms with Crippen molar-refractivity contribution in [3.8, 4) is 0 Å². The first-order chi connectivity index (χ1) is 9.65.